The summed E-state index contributed by atoms with van der Waals surface area (Å²) in [6.07, 6.45) is 2.11. The number of hydrogen-bond donors (Lipinski definition) is 2. The molecule has 0 spiro atoms. The maximum atomic E-state index is 12.5. The number of benzene rings is 3. The third kappa shape index (κ3) is 4.32. The molecule has 29 heavy (non-hydrogen) atoms. The molecule has 6 heteroatoms. The molecule has 3 aromatic carbocycles. The Labute approximate surface area is 170 Å². The Morgan fingerprint density at radius 3 is 2.00 bits per heavy atom. The summed E-state index contributed by atoms with van der Waals surface area (Å²) < 4.78 is 27.5. The first-order chi connectivity index (χ1) is 14.0. The van der Waals surface area contributed by atoms with Gasteiger partial charge in [-0.05, 0) is 54.8 Å². The highest BCUT2D eigenvalue weighted by Crippen LogP contribution is 2.47. The van der Waals surface area contributed by atoms with Crippen LogP contribution in [0.1, 0.15) is 28.8 Å². The van der Waals surface area contributed by atoms with Crippen molar-refractivity contribution in [2.45, 2.75) is 23.2 Å². The monoisotopic (exact) mass is 406 g/mol. The van der Waals surface area contributed by atoms with Crippen LogP contribution in [0.25, 0.3) is 0 Å². The number of carbonyl (C=O) groups is 1. The third-order valence-corrected chi connectivity index (χ3v) is 6.68. The largest absolute Gasteiger partial charge is 0.351 e. The van der Waals surface area contributed by atoms with Gasteiger partial charge < -0.3 is 5.32 Å². The van der Waals surface area contributed by atoms with Crippen LogP contribution in [0.3, 0.4) is 0 Å². The van der Waals surface area contributed by atoms with Crippen molar-refractivity contribution in [3.05, 3.63) is 96.1 Å². The molecule has 1 saturated carbocycles. The first kappa shape index (κ1) is 19.2. The molecule has 0 unspecified atom stereocenters. The van der Waals surface area contributed by atoms with Gasteiger partial charge in [-0.15, -0.1) is 0 Å². The third-order valence-electron chi connectivity index (χ3n) is 5.28. The molecule has 0 saturated heterocycles. The molecule has 0 atom stereocenters. The Bertz CT molecular complexity index is 1090. The quantitative estimate of drug-likeness (QED) is 0.624. The molecule has 148 valence electrons. The summed E-state index contributed by atoms with van der Waals surface area (Å²) in [5.74, 6) is -0.202. The van der Waals surface area contributed by atoms with Gasteiger partial charge in [0.25, 0.3) is 15.9 Å². The van der Waals surface area contributed by atoms with Gasteiger partial charge in [0.05, 0.1) is 4.90 Å². The van der Waals surface area contributed by atoms with Gasteiger partial charge in [0, 0.05) is 23.2 Å². The minimum Gasteiger partial charge on any atom is -0.351 e. The minimum absolute atomic E-state index is 0.0276. The highest BCUT2D eigenvalue weighted by molar-refractivity contribution is 7.92. The van der Waals surface area contributed by atoms with Crippen molar-refractivity contribution in [1.82, 2.24) is 5.32 Å². The van der Waals surface area contributed by atoms with E-state index in [1.807, 2.05) is 24.3 Å². The second-order valence-corrected chi connectivity index (χ2v) is 9.01. The van der Waals surface area contributed by atoms with E-state index in [0.29, 0.717) is 17.8 Å². The molecule has 0 radical (unpaired) electrons. The standard InChI is InChI=1S/C23H22N2O3S/c26-22(24-17-23(15-16-23)19-7-3-1-4-8-19)18-11-13-21(14-12-18)29(27,28)25-20-9-5-2-6-10-20/h1-14,25H,15-17H2,(H,24,26). The van der Waals surface area contributed by atoms with E-state index in [2.05, 4.69) is 22.2 Å². The summed E-state index contributed by atoms with van der Waals surface area (Å²) in [5.41, 5.74) is 2.20. The van der Waals surface area contributed by atoms with Gasteiger partial charge in [0.2, 0.25) is 0 Å². The molecule has 0 aromatic heterocycles. The van der Waals surface area contributed by atoms with Crippen LogP contribution in [-0.2, 0) is 15.4 Å². The average Bonchev–Trinajstić information content (AvgIpc) is 3.54. The van der Waals surface area contributed by atoms with E-state index < -0.39 is 10.0 Å². The van der Waals surface area contributed by atoms with Crippen LogP contribution in [0, 0.1) is 0 Å². The van der Waals surface area contributed by atoms with Crippen LogP contribution in [0.5, 0.6) is 0 Å². The molecule has 1 aliphatic rings. The molecule has 1 aliphatic carbocycles. The molecule has 0 bridgehead atoms. The fourth-order valence-electron chi connectivity index (χ4n) is 3.37. The normalized spacial score (nSPS) is 14.8. The van der Waals surface area contributed by atoms with Crippen LogP contribution in [0.15, 0.2) is 89.8 Å². The van der Waals surface area contributed by atoms with Gasteiger partial charge in [0.15, 0.2) is 0 Å². The molecule has 1 amide bonds. The van der Waals surface area contributed by atoms with Gasteiger partial charge in [-0.2, -0.15) is 0 Å². The first-order valence-corrected chi connectivity index (χ1v) is 11.0. The Hall–Kier alpha value is -3.12. The van der Waals surface area contributed by atoms with Crippen molar-refractivity contribution in [2.24, 2.45) is 0 Å². The predicted molar refractivity (Wildman–Crippen MR) is 113 cm³/mol. The van der Waals surface area contributed by atoms with Crippen molar-refractivity contribution in [2.75, 3.05) is 11.3 Å². The van der Waals surface area contributed by atoms with Crippen molar-refractivity contribution in [3.63, 3.8) is 0 Å². The molecule has 1 fully saturated rings. The molecule has 0 aliphatic heterocycles. The summed E-state index contributed by atoms with van der Waals surface area (Å²) in [6.45, 7) is 0.575. The number of para-hydroxylation sites is 1. The zero-order valence-corrected chi connectivity index (χ0v) is 16.7. The van der Waals surface area contributed by atoms with Crippen molar-refractivity contribution < 1.29 is 13.2 Å². The first-order valence-electron chi connectivity index (χ1n) is 9.50. The number of hydrogen-bond acceptors (Lipinski definition) is 3. The molecule has 0 heterocycles. The molecule has 2 N–H and O–H groups in total. The average molecular weight is 407 g/mol. The Morgan fingerprint density at radius 2 is 1.41 bits per heavy atom. The number of anilines is 1. The second-order valence-electron chi connectivity index (χ2n) is 7.32. The van der Waals surface area contributed by atoms with Crippen LogP contribution in [0.2, 0.25) is 0 Å². The van der Waals surface area contributed by atoms with E-state index in [-0.39, 0.29) is 16.2 Å². The van der Waals surface area contributed by atoms with E-state index >= 15 is 0 Å². The summed E-state index contributed by atoms with van der Waals surface area (Å²) >= 11 is 0. The van der Waals surface area contributed by atoms with Gasteiger partial charge in [-0.3, -0.25) is 9.52 Å². The van der Waals surface area contributed by atoms with E-state index in [4.69, 9.17) is 0 Å². The summed E-state index contributed by atoms with van der Waals surface area (Å²) in [5, 5.41) is 2.99. The van der Waals surface area contributed by atoms with Crippen LogP contribution in [-0.4, -0.2) is 20.9 Å². The molecule has 3 aromatic rings. The summed E-state index contributed by atoms with van der Waals surface area (Å²) in [4.78, 5) is 12.6. The van der Waals surface area contributed by atoms with E-state index in [9.17, 15) is 13.2 Å². The zero-order valence-electron chi connectivity index (χ0n) is 15.8. The topological polar surface area (TPSA) is 75.3 Å². The number of rotatable bonds is 7. The van der Waals surface area contributed by atoms with Crippen molar-refractivity contribution in [3.8, 4) is 0 Å². The van der Waals surface area contributed by atoms with Crippen LogP contribution >= 0.6 is 0 Å². The maximum Gasteiger partial charge on any atom is 0.261 e. The minimum atomic E-state index is -3.70. The smallest absolute Gasteiger partial charge is 0.261 e. The Kier molecular flexibility index (Phi) is 5.11. The predicted octanol–water partition coefficient (Wildman–Crippen LogP) is 3.95. The lowest BCUT2D eigenvalue weighted by Crippen LogP contribution is -2.32. The van der Waals surface area contributed by atoms with Crippen molar-refractivity contribution >= 4 is 21.6 Å². The number of nitrogens with one attached hydrogen (secondary N) is 2. The highest BCUT2D eigenvalue weighted by Gasteiger charge is 2.44. The second kappa shape index (κ2) is 7.72. The lowest BCUT2D eigenvalue weighted by atomic mass is 9.96. The van der Waals surface area contributed by atoms with Crippen LogP contribution in [0.4, 0.5) is 5.69 Å². The van der Waals surface area contributed by atoms with Gasteiger partial charge >= 0.3 is 0 Å². The zero-order chi connectivity index (χ0) is 20.3. The SMILES string of the molecule is O=C(NCC1(c2ccccc2)CC1)c1ccc(S(=O)(=O)Nc2ccccc2)cc1. The summed E-state index contributed by atoms with van der Waals surface area (Å²) in [7, 11) is -3.70. The Balaban J connectivity index is 1.41. The van der Waals surface area contributed by atoms with E-state index in [1.54, 1.807) is 24.3 Å². The van der Waals surface area contributed by atoms with E-state index in [0.717, 1.165) is 12.8 Å². The maximum absolute atomic E-state index is 12.5. The molecule has 4 rings (SSSR count). The number of carbonyl (C=O) groups excluding carboxylic acids is 1. The number of amides is 1. The lowest BCUT2D eigenvalue weighted by molar-refractivity contribution is 0.0949. The van der Waals surface area contributed by atoms with Gasteiger partial charge in [-0.25, -0.2) is 8.42 Å². The molecule has 5 nitrogen and oxygen atoms in total. The molecular formula is C23H22N2O3S. The van der Waals surface area contributed by atoms with Gasteiger partial charge in [0.1, 0.15) is 0 Å². The van der Waals surface area contributed by atoms with Crippen LogP contribution < -0.4 is 10.0 Å². The Morgan fingerprint density at radius 1 is 0.828 bits per heavy atom. The fraction of sp³-hybridized carbons (Fsp3) is 0.174. The fourth-order valence-corrected chi connectivity index (χ4v) is 4.43. The van der Waals surface area contributed by atoms with Gasteiger partial charge in [-0.1, -0.05) is 48.5 Å². The number of sulfonamides is 1. The van der Waals surface area contributed by atoms with E-state index in [1.165, 1.54) is 29.8 Å². The lowest BCUT2D eigenvalue weighted by Gasteiger charge is -2.16. The summed E-state index contributed by atoms with van der Waals surface area (Å²) in [6, 6.07) is 24.9. The van der Waals surface area contributed by atoms with Crippen molar-refractivity contribution in [1.29, 1.82) is 0 Å². The highest BCUT2D eigenvalue weighted by atomic mass is 32.2. The molecular weight excluding hydrogens is 384 g/mol.